The third kappa shape index (κ3) is 2.25. The van der Waals surface area contributed by atoms with Gasteiger partial charge in [0.2, 0.25) is 0 Å². The summed E-state index contributed by atoms with van der Waals surface area (Å²) >= 11 is 0. The number of nitrogens with zero attached hydrogens (tertiary/aromatic N) is 1. The van der Waals surface area contributed by atoms with Crippen molar-refractivity contribution in [2.24, 2.45) is 0 Å². The van der Waals surface area contributed by atoms with Gasteiger partial charge >= 0.3 is 0 Å². The van der Waals surface area contributed by atoms with Gasteiger partial charge in [-0.1, -0.05) is 29.9 Å². The van der Waals surface area contributed by atoms with Crippen LogP contribution >= 0.6 is 21.6 Å². The zero-order valence-corrected chi connectivity index (χ0v) is 9.62. The van der Waals surface area contributed by atoms with Crippen molar-refractivity contribution < 1.29 is 0 Å². The second kappa shape index (κ2) is 4.75. The molecule has 0 spiro atoms. The first-order chi connectivity index (χ1) is 6.90. The molecule has 1 heterocycles. The lowest BCUT2D eigenvalue weighted by Gasteiger charge is -1.92. The van der Waals surface area contributed by atoms with Crippen LogP contribution < -0.4 is 0 Å². The lowest BCUT2D eigenvalue weighted by molar-refractivity contribution is 1.09. The minimum Gasteiger partial charge on any atom is -0.332 e. The van der Waals surface area contributed by atoms with Crippen LogP contribution in [-0.4, -0.2) is 15.7 Å². The van der Waals surface area contributed by atoms with E-state index in [9.17, 15) is 0 Å². The van der Waals surface area contributed by atoms with E-state index in [0.29, 0.717) is 0 Å². The smallest absolute Gasteiger partial charge is 0.177 e. The molecule has 0 aliphatic carbocycles. The predicted octanol–water partition coefficient (Wildman–Crippen LogP) is 3.71. The Hall–Kier alpha value is -0.610. The zero-order valence-electron chi connectivity index (χ0n) is 7.99. The number of aromatic nitrogens is 2. The third-order valence-electron chi connectivity index (χ3n) is 1.79. The van der Waals surface area contributed by atoms with Gasteiger partial charge in [0.15, 0.2) is 5.16 Å². The van der Waals surface area contributed by atoms with Gasteiger partial charge in [-0.2, -0.15) is 0 Å². The summed E-state index contributed by atoms with van der Waals surface area (Å²) in [5, 5.41) is 1.00. The number of benzene rings is 1. The van der Waals surface area contributed by atoms with Crippen molar-refractivity contribution in [1.29, 1.82) is 0 Å². The summed E-state index contributed by atoms with van der Waals surface area (Å²) < 4.78 is 0. The molecule has 4 heteroatoms. The monoisotopic (exact) mass is 224 g/mol. The van der Waals surface area contributed by atoms with Gasteiger partial charge in [0.05, 0.1) is 11.0 Å². The fraction of sp³-hybridized carbons (Fsp3) is 0.300. The summed E-state index contributed by atoms with van der Waals surface area (Å²) in [4.78, 5) is 7.76. The number of nitrogens with one attached hydrogen (secondary N) is 1. The highest BCUT2D eigenvalue weighted by Crippen LogP contribution is 2.30. The summed E-state index contributed by atoms with van der Waals surface area (Å²) in [6.07, 6.45) is 1.21. The highest BCUT2D eigenvalue weighted by molar-refractivity contribution is 8.76. The number of fused-ring (bicyclic) bond motifs is 1. The van der Waals surface area contributed by atoms with Gasteiger partial charge in [-0.05, 0) is 29.3 Å². The van der Waals surface area contributed by atoms with E-state index >= 15 is 0 Å². The van der Waals surface area contributed by atoms with Crippen LogP contribution in [0.3, 0.4) is 0 Å². The summed E-state index contributed by atoms with van der Waals surface area (Å²) in [6.45, 7) is 2.19. The van der Waals surface area contributed by atoms with Crippen LogP contribution in [0.4, 0.5) is 0 Å². The summed E-state index contributed by atoms with van der Waals surface area (Å²) in [6, 6.07) is 8.11. The summed E-state index contributed by atoms with van der Waals surface area (Å²) in [7, 11) is 3.57. The first-order valence-corrected chi connectivity index (χ1v) is 6.96. The van der Waals surface area contributed by atoms with Gasteiger partial charge in [-0.15, -0.1) is 0 Å². The topological polar surface area (TPSA) is 28.7 Å². The van der Waals surface area contributed by atoms with Crippen molar-refractivity contribution in [2.75, 3.05) is 5.75 Å². The number of para-hydroxylation sites is 2. The second-order valence-electron chi connectivity index (χ2n) is 2.96. The van der Waals surface area contributed by atoms with Gasteiger partial charge in [0.1, 0.15) is 0 Å². The Labute approximate surface area is 91.3 Å². The molecule has 0 fully saturated rings. The predicted molar refractivity (Wildman–Crippen MR) is 64.7 cm³/mol. The molecule has 0 aliphatic heterocycles. The van der Waals surface area contributed by atoms with Crippen LogP contribution in [0, 0.1) is 0 Å². The maximum Gasteiger partial charge on any atom is 0.177 e. The molecule has 2 nitrogen and oxygen atoms in total. The molecule has 1 aromatic carbocycles. The van der Waals surface area contributed by atoms with Crippen LogP contribution in [0.5, 0.6) is 0 Å². The van der Waals surface area contributed by atoms with Gasteiger partial charge in [0, 0.05) is 5.75 Å². The lowest BCUT2D eigenvalue weighted by Crippen LogP contribution is -1.72. The molecule has 0 saturated carbocycles. The number of H-pyrrole nitrogens is 1. The lowest BCUT2D eigenvalue weighted by atomic mass is 10.3. The Morgan fingerprint density at radius 3 is 3.00 bits per heavy atom. The van der Waals surface area contributed by atoms with Crippen molar-refractivity contribution >= 4 is 32.6 Å². The Bertz CT molecular complexity index is 378. The van der Waals surface area contributed by atoms with Gasteiger partial charge in [-0.3, -0.25) is 0 Å². The van der Waals surface area contributed by atoms with E-state index in [4.69, 9.17) is 0 Å². The van der Waals surface area contributed by atoms with Crippen LogP contribution in [0.1, 0.15) is 13.3 Å². The summed E-state index contributed by atoms with van der Waals surface area (Å²) in [5.41, 5.74) is 2.17. The van der Waals surface area contributed by atoms with Crippen LogP contribution in [0.25, 0.3) is 11.0 Å². The van der Waals surface area contributed by atoms with Crippen molar-refractivity contribution in [1.82, 2.24) is 9.97 Å². The van der Waals surface area contributed by atoms with E-state index in [0.717, 1.165) is 16.2 Å². The molecular formula is C10H12N2S2. The number of imidazole rings is 1. The van der Waals surface area contributed by atoms with Crippen LogP contribution in [0.15, 0.2) is 29.4 Å². The molecule has 74 valence electrons. The van der Waals surface area contributed by atoms with E-state index in [-0.39, 0.29) is 0 Å². The van der Waals surface area contributed by atoms with Crippen LogP contribution in [-0.2, 0) is 0 Å². The molecule has 0 atom stereocenters. The SMILES string of the molecule is CCCSSc1nc2ccccc2[nH]1. The molecule has 1 aromatic heterocycles. The number of rotatable bonds is 4. The van der Waals surface area contributed by atoms with E-state index < -0.39 is 0 Å². The maximum atomic E-state index is 4.47. The molecule has 0 unspecified atom stereocenters. The van der Waals surface area contributed by atoms with Gasteiger partial charge in [-0.25, -0.2) is 4.98 Å². The molecule has 2 aromatic rings. The van der Waals surface area contributed by atoms with Crippen LogP contribution in [0.2, 0.25) is 0 Å². The molecular weight excluding hydrogens is 212 g/mol. The van der Waals surface area contributed by atoms with Gasteiger partial charge in [0.25, 0.3) is 0 Å². The highest BCUT2D eigenvalue weighted by atomic mass is 33.1. The Kier molecular flexibility index (Phi) is 3.37. The molecule has 0 aliphatic rings. The zero-order chi connectivity index (χ0) is 9.80. The molecule has 0 amide bonds. The fourth-order valence-corrected chi connectivity index (χ4v) is 3.12. The third-order valence-corrected chi connectivity index (χ3v) is 4.16. The number of aromatic amines is 1. The number of hydrogen-bond donors (Lipinski definition) is 1. The molecule has 0 saturated heterocycles. The molecule has 14 heavy (non-hydrogen) atoms. The van der Waals surface area contributed by atoms with E-state index in [2.05, 4.69) is 23.0 Å². The van der Waals surface area contributed by atoms with Gasteiger partial charge < -0.3 is 4.98 Å². The average molecular weight is 224 g/mol. The van der Waals surface area contributed by atoms with Crippen molar-refractivity contribution in [2.45, 2.75) is 18.5 Å². The maximum absolute atomic E-state index is 4.47. The molecule has 0 radical (unpaired) electrons. The highest BCUT2D eigenvalue weighted by Gasteiger charge is 2.01. The molecule has 1 N–H and O–H groups in total. The fourth-order valence-electron chi connectivity index (χ4n) is 1.15. The minimum atomic E-state index is 1.00. The first-order valence-electron chi connectivity index (χ1n) is 4.64. The average Bonchev–Trinajstić information content (AvgIpc) is 2.60. The van der Waals surface area contributed by atoms with E-state index in [1.807, 2.05) is 29.0 Å². The van der Waals surface area contributed by atoms with E-state index in [1.165, 1.54) is 12.2 Å². The Balaban J connectivity index is 2.11. The quantitative estimate of drug-likeness (QED) is 0.634. The van der Waals surface area contributed by atoms with E-state index in [1.54, 1.807) is 10.8 Å². The normalized spacial score (nSPS) is 10.9. The summed E-state index contributed by atoms with van der Waals surface area (Å²) in [5.74, 6) is 1.17. The first kappa shape index (κ1) is 9.93. The second-order valence-corrected chi connectivity index (χ2v) is 5.37. The Morgan fingerprint density at radius 1 is 1.36 bits per heavy atom. The molecule has 0 bridgehead atoms. The molecule has 2 rings (SSSR count). The minimum absolute atomic E-state index is 1.00. The van der Waals surface area contributed by atoms with Crippen molar-refractivity contribution in [3.05, 3.63) is 24.3 Å². The largest absolute Gasteiger partial charge is 0.332 e. The van der Waals surface area contributed by atoms with Crippen molar-refractivity contribution in [3.63, 3.8) is 0 Å². The number of hydrogen-bond acceptors (Lipinski definition) is 3. The van der Waals surface area contributed by atoms with Crippen molar-refractivity contribution in [3.8, 4) is 0 Å². The Morgan fingerprint density at radius 2 is 2.21 bits per heavy atom. The standard InChI is InChI=1S/C10H12N2S2/c1-2-7-13-14-10-11-8-5-3-4-6-9(8)12-10/h3-6H,2,7H2,1H3,(H,11,12).